The standard InChI is InChI=1S/C54H38N2S/c1-5-15-39(16-6-1)41-25-31-46(32-26-41)55(44-19-9-3-10-20-44)47-35-29-43(30-36-47)49-37-38-52-53(50-23-13-14-24-51(50)57-52)54(49)56(45-21-11-4-12-22-45)48-33-27-42(28-34-48)40-17-7-2-8-18-40/h1-38H. The summed E-state index contributed by atoms with van der Waals surface area (Å²) in [7, 11) is 0. The van der Waals surface area contributed by atoms with Crippen LogP contribution in [0.25, 0.3) is 53.6 Å². The number of hydrogen-bond acceptors (Lipinski definition) is 3. The fourth-order valence-electron chi connectivity index (χ4n) is 7.93. The van der Waals surface area contributed by atoms with Gasteiger partial charge in [-0.1, -0.05) is 158 Å². The van der Waals surface area contributed by atoms with Gasteiger partial charge in [-0.3, -0.25) is 0 Å². The number of nitrogens with zero attached hydrogens (tertiary/aromatic N) is 2. The Hall–Kier alpha value is -7.20. The molecule has 57 heavy (non-hydrogen) atoms. The molecule has 2 nitrogen and oxygen atoms in total. The van der Waals surface area contributed by atoms with Gasteiger partial charge in [-0.05, 0) is 101 Å². The molecule has 0 N–H and O–H groups in total. The van der Waals surface area contributed by atoms with E-state index >= 15 is 0 Å². The zero-order valence-corrected chi connectivity index (χ0v) is 32.1. The number of thiophene rings is 1. The normalized spacial score (nSPS) is 11.2. The zero-order valence-electron chi connectivity index (χ0n) is 31.2. The molecule has 0 amide bonds. The molecule has 0 spiro atoms. The molecule has 1 heterocycles. The summed E-state index contributed by atoms with van der Waals surface area (Å²) in [4.78, 5) is 4.78. The van der Waals surface area contributed by atoms with E-state index < -0.39 is 0 Å². The highest BCUT2D eigenvalue weighted by Gasteiger charge is 2.23. The van der Waals surface area contributed by atoms with E-state index in [0.29, 0.717) is 0 Å². The summed E-state index contributed by atoms with van der Waals surface area (Å²) in [6.45, 7) is 0. The molecular weight excluding hydrogens is 709 g/mol. The number of fused-ring (bicyclic) bond motifs is 3. The van der Waals surface area contributed by atoms with Crippen molar-refractivity contribution in [2.45, 2.75) is 0 Å². The third-order valence-electron chi connectivity index (χ3n) is 10.7. The summed E-state index contributed by atoms with van der Waals surface area (Å²) >= 11 is 1.85. The van der Waals surface area contributed by atoms with Crippen LogP contribution in [-0.2, 0) is 0 Å². The van der Waals surface area contributed by atoms with Gasteiger partial charge in [0.05, 0.1) is 5.69 Å². The Morgan fingerprint density at radius 1 is 0.263 bits per heavy atom. The summed E-state index contributed by atoms with van der Waals surface area (Å²) in [5, 5.41) is 2.53. The van der Waals surface area contributed by atoms with Crippen LogP contribution in [0.5, 0.6) is 0 Å². The van der Waals surface area contributed by atoms with Gasteiger partial charge in [0.2, 0.25) is 0 Å². The number of benzene rings is 9. The first-order valence-electron chi connectivity index (χ1n) is 19.3. The Labute approximate surface area is 337 Å². The van der Waals surface area contributed by atoms with Gasteiger partial charge in [-0.25, -0.2) is 0 Å². The van der Waals surface area contributed by atoms with Crippen LogP contribution in [0.2, 0.25) is 0 Å². The van der Waals surface area contributed by atoms with Gasteiger partial charge < -0.3 is 9.80 Å². The molecule has 0 radical (unpaired) electrons. The van der Waals surface area contributed by atoms with E-state index in [9.17, 15) is 0 Å². The van der Waals surface area contributed by atoms with Crippen molar-refractivity contribution in [3.8, 4) is 33.4 Å². The van der Waals surface area contributed by atoms with Crippen LogP contribution in [0.15, 0.2) is 231 Å². The Bertz CT molecular complexity index is 2910. The van der Waals surface area contributed by atoms with Crippen molar-refractivity contribution < 1.29 is 0 Å². The van der Waals surface area contributed by atoms with Crippen molar-refractivity contribution in [2.75, 3.05) is 9.80 Å². The molecule has 10 rings (SSSR count). The predicted molar refractivity (Wildman–Crippen MR) is 245 cm³/mol. The first-order valence-corrected chi connectivity index (χ1v) is 20.2. The van der Waals surface area contributed by atoms with Crippen LogP contribution in [0.3, 0.4) is 0 Å². The second-order valence-electron chi connectivity index (χ2n) is 14.1. The molecule has 3 heteroatoms. The predicted octanol–water partition coefficient (Wildman–Crippen LogP) is 16.0. The number of rotatable bonds is 9. The zero-order chi connectivity index (χ0) is 38.0. The molecule has 0 fully saturated rings. The fourth-order valence-corrected chi connectivity index (χ4v) is 9.04. The molecule has 0 aliphatic rings. The summed E-state index contributed by atoms with van der Waals surface area (Å²) in [5.74, 6) is 0. The molecule has 270 valence electrons. The quantitative estimate of drug-likeness (QED) is 0.145. The summed E-state index contributed by atoms with van der Waals surface area (Å²) in [6.07, 6.45) is 0. The maximum absolute atomic E-state index is 2.45. The van der Waals surface area contributed by atoms with Gasteiger partial charge in [0.1, 0.15) is 0 Å². The first kappa shape index (κ1) is 34.3. The van der Waals surface area contributed by atoms with Crippen LogP contribution >= 0.6 is 11.3 Å². The Morgan fingerprint density at radius 3 is 1.18 bits per heavy atom. The van der Waals surface area contributed by atoms with Crippen molar-refractivity contribution in [2.24, 2.45) is 0 Å². The lowest BCUT2D eigenvalue weighted by molar-refractivity contribution is 1.28. The third-order valence-corrected chi connectivity index (χ3v) is 11.8. The largest absolute Gasteiger partial charge is 0.311 e. The lowest BCUT2D eigenvalue weighted by Gasteiger charge is -2.29. The molecule has 0 bridgehead atoms. The van der Waals surface area contributed by atoms with Crippen molar-refractivity contribution in [3.63, 3.8) is 0 Å². The highest BCUT2D eigenvalue weighted by atomic mass is 32.1. The molecule has 0 atom stereocenters. The summed E-state index contributed by atoms with van der Waals surface area (Å²) in [6, 6.07) is 82.9. The van der Waals surface area contributed by atoms with Crippen LogP contribution in [0.4, 0.5) is 34.1 Å². The maximum atomic E-state index is 2.45. The highest BCUT2D eigenvalue weighted by molar-refractivity contribution is 7.26. The monoisotopic (exact) mass is 746 g/mol. The van der Waals surface area contributed by atoms with Gasteiger partial charge in [0.25, 0.3) is 0 Å². The van der Waals surface area contributed by atoms with Gasteiger partial charge in [0, 0.05) is 54.2 Å². The Kier molecular flexibility index (Phi) is 9.11. The minimum atomic E-state index is 1.09. The molecule has 0 aliphatic heterocycles. The SMILES string of the molecule is c1ccc(-c2ccc(N(c3ccccc3)c3ccc(-c4ccc5sc6ccccc6c5c4N(c4ccccc4)c4ccc(-c5ccccc5)cc4)cc3)cc2)cc1. The lowest BCUT2D eigenvalue weighted by atomic mass is 9.97. The van der Waals surface area contributed by atoms with Gasteiger partial charge in [-0.2, -0.15) is 0 Å². The van der Waals surface area contributed by atoms with Gasteiger partial charge >= 0.3 is 0 Å². The minimum absolute atomic E-state index is 1.09. The van der Waals surface area contributed by atoms with E-state index in [1.54, 1.807) is 0 Å². The molecular formula is C54H38N2S. The van der Waals surface area contributed by atoms with Crippen molar-refractivity contribution in [1.82, 2.24) is 0 Å². The van der Waals surface area contributed by atoms with E-state index in [2.05, 4.69) is 240 Å². The maximum Gasteiger partial charge on any atom is 0.0633 e. The number of anilines is 6. The molecule has 1 aromatic heterocycles. The molecule has 0 aliphatic carbocycles. The van der Waals surface area contributed by atoms with Crippen LogP contribution < -0.4 is 9.80 Å². The van der Waals surface area contributed by atoms with E-state index in [1.807, 2.05) is 11.3 Å². The number of para-hydroxylation sites is 2. The van der Waals surface area contributed by atoms with E-state index in [1.165, 1.54) is 53.7 Å². The van der Waals surface area contributed by atoms with Crippen LogP contribution in [0, 0.1) is 0 Å². The topological polar surface area (TPSA) is 6.48 Å². The van der Waals surface area contributed by atoms with Gasteiger partial charge in [-0.15, -0.1) is 11.3 Å². The highest BCUT2D eigenvalue weighted by Crippen LogP contribution is 2.50. The van der Waals surface area contributed by atoms with Gasteiger partial charge in [0.15, 0.2) is 0 Å². The number of hydrogen-bond donors (Lipinski definition) is 0. The molecule has 0 unspecified atom stereocenters. The van der Waals surface area contributed by atoms with E-state index in [-0.39, 0.29) is 0 Å². The molecule has 10 aromatic rings. The van der Waals surface area contributed by atoms with Crippen LogP contribution in [-0.4, -0.2) is 0 Å². The van der Waals surface area contributed by atoms with E-state index in [0.717, 1.165) is 34.0 Å². The van der Waals surface area contributed by atoms with Crippen molar-refractivity contribution in [1.29, 1.82) is 0 Å². The Morgan fingerprint density at radius 2 is 0.649 bits per heavy atom. The molecule has 0 saturated heterocycles. The fraction of sp³-hybridized carbons (Fsp3) is 0. The smallest absolute Gasteiger partial charge is 0.0633 e. The second kappa shape index (κ2) is 15.1. The van der Waals surface area contributed by atoms with Crippen LogP contribution in [0.1, 0.15) is 0 Å². The Balaban J connectivity index is 1.13. The third kappa shape index (κ3) is 6.65. The minimum Gasteiger partial charge on any atom is -0.311 e. The average molecular weight is 747 g/mol. The second-order valence-corrected chi connectivity index (χ2v) is 15.2. The molecule has 9 aromatic carbocycles. The van der Waals surface area contributed by atoms with Crippen molar-refractivity contribution in [3.05, 3.63) is 231 Å². The molecule has 0 saturated carbocycles. The first-order chi connectivity index (χ1) is 28.3. The summed E-state index contributed by atoms with van der Waals surface area (Å²) in [5.41, 5.74) is 13.8. The van der Waals surface area contributed by atoms with Crippen molar-refractivity contribution >= 4 is 65.6 Å². The lowest BCUT2D eigenvalue weighted by Crippen LogP contribution is -2.12. The van der Waals surface area contributed by atoms with E-state index in [4.69, 9.17) is 0 Å². The average Bonchev–Trinajstić information content (AvgIpc) is 3.68. The summed E-state index contributed by atoms with van der Waals surface area (Å²) < 4.78 is 2.55.